The van der Waals surface area contributed by atoms with E-state index in [1.54, 1.807) is 6.20 Å². The molecule has 4 nitrogen and oxygen atoms in total. The molecule has 2 aromatic heterocycles. The minimum absolute atomic E-state index is 0.0305. The first-order chi connectivity index (χ1) is 12.1. The topological polar surface area (TPSA) is 46.1 Å². The van der Waals surface area contributed by atoms with Gasteiger partial charge >= 0.3 is 0 Å². The van der Waals surface area contributed by atoms with E-state index in [-0.39, 0.29) is 5.91 Å². The van der Waals surface area contributed by atoms with Gasteiger partial charge in [0.05, 0.1) is 11.4 Å². The van der Waals surface area contributed by atoms with Gasteiger partial charge in [-0.25, -0.2) is 4.98 Å². The van der Waals surface area contributed by atoms with Crippen molar-refractivity contribution in [2.75, 3.05) is 6.54 Å². The third-order valence-electron chi connectivity index (χ3n) is 4.17. The highest BCUT2D eigenvalue weighted by Gasteiger charge is 2.21. The average Bonchev–Trinajstić information content (AvgIpc) is 3.03. The molecule has 0 aliphatic carbocycles. The van der Waals surface area contributed by atoms with E-state index >= 15 is 0 Å². The molecule has 0 radical (unpaired) electrons. The number of nitrogens with zero attached hydrogens (tertiary/aromatic N) is 3. The van der Waals surface area contributed by atoms with Crippen LogP contribution in [-0.4, -0.2) is 27.3 Å². The van der Waals surface area contributed by atoms with Crippen LogP contribution in [0.5, 0.6) is 0 Å². The lowest BCUT2D eigenvalue weighted by Gasteiger charge is -2.21. The maximum atomic E-state index is 13.0. The first kappa shape index (κ1) is 17.3. The lowest BCUT2D eigenvalue weighted by molar-refractivity contribution is 0.0756. The summed E-state index contributed by atoms with van der Waals surface area (Å²) in [4.78, 5) is 24.5. The standard InChI is InChI=1S/C20H21N3OS/c1-4-23(13-16-10-6-5-9-14(16)2)20(24)18-15(3)22-19(25-18)17-11-7-8-12-21-17/h5-12H,4,13H2,1-3H3. The summed E-state index contributed by atoms with van der Waals surface area (Å²) in [6.45, 7) is 7.23. The highest BCUT2D eigenvalue weighted by molar-refractivity contribution is 7.17. The van der Waals surface area contributed by atoms with Gasteiger partial charge in [-0.1, -0.05) is 30.3 Å². The van der Waals surface area contributed by atoms with Crippen LogP contribution in [0.3, 0.4) is 0 Å². The van der Waals surface area contributed by atoms with Gasteiger partial charge in [0.1, 0.15) is 9.88 Å². The van der Waals surface area contributed by atoms with Gasteiger partial charge in [-0.3, -0.25) is 9.78 Å². The number of amides is 1. The Morgan fingerprint density at radius 3 is 2.56 bits per heavy atom. The minimum atomic E-state index is 0.0305. The average molecular weight is 351 g/mol. The maximum absolute atomic E-state index is 13.0. The number of thiazole rings is 1. The molecular weight excluding hydrogens is 330 g/mol. The molecule has 0 aliphatic rings. The van der Waals surface area contributed by atoms with E-state index in [0.29, 0.717) is 18.0 Å². The summed E-state index contributed by atoms with van der Waals surface area (Å²) < 4.78 is 0. The van der Waals surface area contributed by atoms with Crippen LogP contribution in [0.15, 0.2) is 48.7 Å². The molecule has 0 fully saturated rings. The number of carbonyl (C=O) groups is 1. The molecule has 128 valence electrons. The van der Waals surface area contributed by atoms with Crippen molar-refractivity contribution in [3.05, 3.63) is 70.4 Å². The molecule has 0 saturated heterocycles. The monoisotopic (exact) mass is 351 g/mol. The van der Waals surface area contributed by atoms with Crippen molar-refractivity contribution in [2.24, 2.45) is 0 Å². The fourth-order valence-corrected chi connectivity index (χ4v) is 3.67. The van der Waals surface area contributed by atoms with Gasteiger partial charge in [0.2, 0.25) is 0 Å². The number of rotatable bonds is 5. The van der Waals surface area contributed by atoms with Crippen molar-refractivity contribution >= 4 is 17.2 Å². The zero-order valence-electron chi connectivity index (χ0n) is 14.7. The number of hydrogen-bond donors (Lipinski definition) is 0. The van der Waals surface area contributed by atoms with Crippen molar-refractivity contribution in [2.45, 2.75) is 27.3 Å². The second-order valence-electron chi connectivity index (χ2n) is 5.89. The number of pyridine rings is 1. The summed E-state index contributed by atoms with van der Waals surface area (Å²) in [5.74, 6) is 0.0305. The van der Waals surface area contributed by atoms with Gasteiger partial charge in [0.25, 0.3) is 5.91 Å². The lowest BCUT2D eigenvalue weighted by Crippen LogP contribution is -2.30. The Morgan fingerprint density at radius 2 is 1.88 bits per heavy atom. The van der Waals surface area contributed by atoms with Gasteiger partial charge in [-0.05, 0) is 44.0 Å². The van der Waals surface area contributed by atoms with Crippen LogP contribution in [0.2, 0.25) is 0 Å². The van der Waals surface area contributed by atoms with Crippen LogP contribution in [0, 0.1) is 13.8 Å². The Kier molecular flexibility index (Phi) is 5.24. The van der Waals surface area contributed by atoms with Crippen molar-refractivity contribution in [3.63, 3.8) is 0 Å². The first-order valence-electron chi connectivity index (χ1n) is 8.32. The third-order valence-corrected chi connectivity index (χ3v) is 5.33. The highest BCUT2D eigenvalue weighted by Crippen LogP contribution is 2.28. The molecule has 0 unspecified atom stereocenters. The number of benzene rings is 1. The van der Waals surface area contributed by atoms with Crippen LogP contribution in [0.1, 0.15) is 33.4 Å². The van der Waals surface area contributed by atoms with E-state index in [9.17, 15) is 4.79 Å². The number of carbonyl (C=O) groups excluding carboxylic acids is 1. The summed E-state index contributed by atoms with van der Waals surface area (Å²) in [6.07, 6.45) is 1.74. The minimum Gasteiger partial charge on any atom is -0.334 e. The van der Waals surface area contributed by atoms with E-state index in [1.807, 2.05) is 49.1 Å². The molecule has 2 heterocycles. The molecule has 1 aromatic carbocycles. The molecule has 1 amide bonds. The van der Waals surface area contributed by atoms with Crippen molar-refractivity contribution in [1.82, 2.24) is 14.9 Å². The molecule has 0 saturated carbocycles. The van der Waals surface area contributed by atoms with Gasteiger partial charge in [0.15, 0.2) is 0 Å². The summed E-state index contributed by atoms with van der Waals surface area (Å²) in [6, 6.07) is 13.9. The van der Waals surface area contributed by atoms with Crippen LogP contribution >= 0.6 is 11.3 Å². The van der Waals surface area contributed by atoms with Gasteiger partial charge in [-0.2, -0.15) is 0 Å². The molecule has 25 heavy (non-hydrogen) atoms. The fraction of sp³-hybridized carbons (Fsp3) is 0.250. The highest BCUT2D eigenvalue weighted by atomic mass is 32.1. The third kappa shape index (κ3) is 3.77. The molecule has 0 bridgehead atoms. The number of aromatic nitrogens is 2. The SMILES string of the molecule is CCN(Cc1ccccc1C)C(=O)c1sc(-c2ccccn2)nc1C. The Bertz CT molecular complexity index is 874. The molecule has 3 aromatic rings. The molecular formula is C20H21N3OS. The van der Waals surface area contributed by atoms with Crippen LogP contribution in [0.25, 0.3) is 10.7 Å². The Hall–Kier alpha value is -2.53. The van der Waals surface area contributed by atoms with Gasteiger partial charge in [-0.15, -0.1) is 11.3 Å². The van der Waals surface area contributed by atoms with Gasteiger partial charge in [0, 0.05) is 19.3 Å². The van der Waals surface area contributed by atoms with E-state index in [2.05, 4.69) is 29.0 Å². The van der Waals surface area contributed by atoms with Crippen LogP contribution in [0.4, 0.5) is 0 Å². The van der Waals surface area contributed by atoms with Crippen molar-refractivity contribution < 1.29 is 4.79 Å². The fourth-order valence-electron chi connectivity index (χ4n) is 2.66. The van der Waals surface area contributed by atoms with Crippen LogP contribution < -0.4 is 0 Å². The predicted molar refractivity (Wildman–Crippen MR) is 102 cm³/mol. The molecule has 0 aliphatic heterocycles. The van der Waals surface area contributed by atoms with Crippen LogP contribution in [-0.2, 0) is 6.54 Å². The normalized spacial score (nSPS) is 10.7. The maximum Gasteiger partial charge on any atom is 0.266 e. The van der Waals surface area contributed by atoms with E-state index in [4.69, 9.17) is 0 Å². The second-order valence-corrected chi connectivity index (χ2v) is 6.89. The van der Waals surface area contributed by atoms with Crippen molar-refractivity contribution in [1.29, 1.82) is 0 Å². The molecule has 3 rings (SSSR count). The van der Waals surface area contributed by atoms with E-state index < -0.39 is 0 Å². The van der Waals surface area contributed by atoms with E-state index in [1.165, 1.54) is 22.5 Å². The number of aryl methyl sites for hydroxylation is 2. The zero-order valence-corrected chi connectivity index (χ0v) is 15.5. The van der Waals surface area contributed by atoms with Crippen molar-refractivity contribution in [3.8, 4) is 10.7 Å². The van der Waals surface area contributed by atoms with Gasteiger partial charge < -0.3 is 4.90 Å². The quantitative estimate of drug-likeness (QED) is 0.681. The smallest absolute Gasteiger partial charge is 0.266 e. The molecule has 5 heteroatoms. The van der Waals surface area contributed by atoms with E-state index in [0.717, 1.165) is 16.4 Å². The Labute approximate surface area is 152 Å². The largest absolute Gasteiger partial charge is 0.334 e. The zero-order chi connectivity index (χ0) is 17.8. The first-order valence-corrected chi connectivity index (χ1v) is 9.14. The predicted octanol–water partition coefficient (Wildman–Crippen LogP) is 4.48. The summed E-state index contributed by atoms with van der Waals surface area (Å²) in [7, 11) is 0. The second kappa shape index (κ2) is 7.57. The summed E-state index contributed by atoms with van der Waals surface area (Å²) in [5, 5.41) is 0.786. The summed E-state index contributed by atoms with van der Waals surface area (Å²) >= 11 is 1.41. The number of hydrogen-bond acceptors (Lipinski definition) is 4. The molecule has 0 N–H and O–H groups in total. The lowest BCUT2D eigenvalue weighted by atomic mass is 10.1. The Morgan fingerprint density at radius 1 is 1.12 bits per heavy atom. The molecule has 0 spiro atoms. The molecule has 0 atom stereocenters. The summed E-state index contributed by atoms with van der Waals surface area (Å²) in [5.41, 5.74) is 3.93. The Balaban J connectivity index is 1.86.